The zero-order chi connectivity index (χ0) is 8.39. The van der Waals surface area contributed by atoms with E-state index in [2.05, 4.69) is 9.97 Å². The van der Waals surface area contributed by atoms with E-state index in [-0.39, 0.29) is 6.61 Å². The molecule has 0 aliphatic heterocycles. The highest BCUT2D eigenvalue weighted by molar-refractivity contribution is 5.79. The van der Waals surface area contributed by atoms with Crippen LogP contribution in [0.5, 0.6) is 0 Å². The van der Waals surface area contributed by atoms with E-state index in [0.717, 1.165) is 10.9 Å². The summed E-state index contributed by atoms with van der Waals surface area (Å²) in [5.74, 6) is 0. The van der Waals surface area contributed by atoms with Crippen molar-refractivity contribution in [1.29, 1.82) is 0 Å². The molecule has 0 amide bonds. The van der Waals surface area contributed by atoms with Crippen molar-refractivity contribution in [2.45, 2.75) is 6.61 Å². The van der Waals surface area contributed by atoms with E-state index < -0.39 is 0 Å². The third-order valence-corrected chi connectivity index (χ3v) is 1.75. The van der Waals surface area contributed by atoms with E-state index in [1.165, 1.54) is 0 Å². The van der Waals surface area contributed by atoms with Crippen LogP contribution in [0, 0.1) is 0 Å². The normalized spacial score (nSPS) is 10.4. The molecule has 3 heteroatoms. The van der Waals surface area contributed by atoms with Crippen LogP contribution in [0.4, 0.5) is 0 Å². The number of rotatable bonds is 1. The largest absolute Gasteiger partial charge is 0.390 e. The lowest BCUT2D eigenvalue weighted by molar-refractivity contribution is 0.278. The first-order valence-electron chi connectivity index (χ1n) is 3.71. The maximum atomic E-state index is 8.93. The Labute approximate surface area is 69.7 Å². The van der Waals surface area contributed by atoms with Gasteiger partial charge in [-0.25, -0.2) is 0 Å². The first-order chi connectivity index (χ1) is 5.92. The lowest BCUT2D eigenvalue weighted by Crippen LogP contribution is -1.91. The summed E-state index contributed by atoms with van der Waals surface area (Å²) in [6.07, 6.45) is 3.37. The predicted molar refractivity (Wildman–Crippen MR) is 45.5 cm³/mol. The SMILES string of the molecule is OCc1nccc2cccnc12. The number of pyridine rings is 2. The number of nitrogens with zero attached hydrogens (tertiary/aromatic N) is 2. The minimum atomic E-state index is -0.0612. The van der Waals surface area contributed by atoms with Gasteiger partial charge in [0.25, 0.3) is 0 Å². The van der Waals surface area contributed by atoms with E-state index in [1.807, 2.05) is 18.2 Å². The molecule has 2 rings (SSSR count). The smallest absolute Gasteiger partial charge is 0.0941 e. The minimum Gasteiger partial charge on any atom is -0.390 e. The van der Waals surface area contributed by atoms with Crippen LogP contribution in [-0.4, -0.2) is 15.1 Å². The van der Waals surface area contributed by atoms with E-state index in [9.17, 15) is 0 Å². The molecule has 0 aliphatic rings. The van der Waals surface area contributed by atoms with Crippen molar-refractivity contribution < 1.29 is 5.11 Å². The summed E-state index contributed by atoms with van der Waals surface area (Å²) in [4.78, 5) is 8.14. The van der Waals surface area contributed by atoms with E-state index >= 15 is 0 Å². The number of aromatic nitrogens is 2. The average molecular weight is 160 g/mol. The Kier molecular flexibility index (Phi) is 1.72. The molecule has 0 bridgehead atoms. The molecule has 0 atom stereocenters. The fraction of sp³-hybridized carbons (Fsp3) is 0.111. The Hall–Kier alpha value is -1.48. The van der Waals surface area contributed by atoms with Gasteiger partial charge in [0.05, 0.1) is 17.8 Å². The second-order valence-electron chi connectivity index (χ2n) is 2.49. The van der Waals surface area contributed by atoms with Crippen molar-refractivity contribution >= 4 is 10.9 Å². The quantitative estimate of drug-likeness (QED) is 0.680. The zero-order valence-electron chi connectivity index (χ0n) is 6.44. The maximum Gasteiger partial charge on any atom is 0.0941 e. The predicted octanol–water partition coefficient (Wildman–Crippen LogP) is 1.12. The summed E-state index contributed by atoms with van der Waals surface area (Å²) >= 11 is 0. The number of aliphatic hydroxyl groups is 1. The lowest BCUT2D eigenvalue weighted by Gasteiger charge is -1.99. The highest BCUT2D eigenvalue weighted by Gasteiger charge is 1.99. The fourth-order valence-corrected chi connectivity index (χ4v) is 1.18. The van der Waals surface area contributed by atoms with E-state index in [0.29, 0.717) is 5.69 Å². The van der Waals surface area contributed by atoms with Crippen molar-refractivity contribution in [3.8, 4) is 0 Å². The molecular formula is C9H8N2O. The van der Waals surface area contributed by atoms with Crippen LogP contribution in [-0.2, 0) is 6.61 Å². The third-order valence-electron chi connectivity index (χ3n) is 1.75. The summed E-state index contributed by atoms with van der Waals surface area (Å²) in [5.41, 5.74) is 1.41. The Bertz CT molecular complexity index is 395. The molecule has 0 aliphatic carbocycles. The lowest BCUT2D eigenvalue weighted by atomic mass is 10.2. The summed E-state index contributed by atoms with van der Waals surface area (Å²) in [7, 11) is 0. The van der Waals surface area contributed by atoms with Gasteiger partial charge >= 0.3 is 0 Å². The van der Waals surface area contributed by atoms with Gasteiger partial charge in [0.1, 0.15) is 0 Å². The van der Waals surface area contributed by atoms with Gasteiger partial charge in [-0.05, 0) is 12.1 Å². The molecule has 0 radical (unpaired) electrons. The van der Waals surface area contributed by atoms with Crippen LogP contribution in [0.1, 0.15) is 5.69 Å². The Morgan fingerprint density at radius 2 is 2.08 bits per heavy atom. The number of fused-ring (bicyclic) bond motifs is 1. The highest BCUT2D eigenvalue weighted by Crippen LogP contribution is 2.12. The molecule has 3 nitrogen and oxygen atoms in total. The Morgan fingerprint density at radius 3 is 2.92 bits per heavy atom. The molecule has 12 heavy (non-hydrogen) atoms. The standard InChI is InChI=1S/C9H8N2O/c12-6-8-9-7(3-5-10-8)2-1-4-11-9/h1-5,12H,6H2. The molecular weight excluding hydrogens is 152 g/mol. The molecule has 0 spiro atoms. The molecule has 0 aromatic carbocycles. The van der Waals surface area contributed by atoms with Gasteiger partial charge in [0.2, 0.25) is 0 Å². The molecule has 0 saturated heterocycles. The molecule has 0 unspecified atom stereocenters. The highest BCUT2D eigenvalue weighted by atomic mass is 16.3. The minimum absolute atomic E-state index is 0.0612. The zero-order valence-corrected chi connectivity index (χ0v) is 6.44. The molecule has 0 fully saturated rings. The summed E-state index contributed by atoms with van der Waals surface area (Å²) in [6, 6.07) is 5.69. The van der Waals surface area contributed by atoms with Gasteiger partial charge in [-0.2, -0.15) is 0 Å². The van der Waals surface area contributed by atoms with Gasteiger partial charge in [0, 0.05) is 17.8 Å². The van der Waals surface area contributed by atoms with Crippen molar-refractivity contribution in [1.82, 2.24) is 9.97 Å². The van der Waals surface area contributed by atoms with Crippen LogP contribution < -0.4 is 0 Å². The van der Waals surface area contributed by atoms with Gasteiger partial charge in [-0.15, -0.1) is 0 Å². The van der Waals surface area contributed by atoms with E-state index in [1.54, 1.807) is 12.4 Å². The first-order valence-corrected chi connectivity index (χ1v) is 3.71. The van der Waals surface area contributed by atoms with Gasteiger partial charge in [-0.1, -0.05) is 6.07 Å². The van der Waals surface area contributed by atoms with Crippen LogP contribution in [0.25, 0.3) is 10.9 Å². The van der Waals surface area contributed by atoms with Gasteiger partial charge in [-0.3, -0.25) is 9.97 Å². The fourth-order valence-electron chi connectivity index (χ4n) is 1.18. The molecule has 0 saturated carbocycles. The van der Waals surface area contributed by atoms with E-state index in [4.69, 9.17) is 5.11 Å². The molecule has 60 valence electrons. The van der Waals surface area contributed by atoms with Gasteiger partial charge in [0.15, 0.2) is 0 Å². The summed E-state index contributed by atoms with van der Waals surface area (Å²) < 4.78 is 0. The van der Waals surface area contributed by atoms with Crippen LogP contribution in [0.2, 0.25) is 0 Å². The Morgan fingerprint density at radius 1 is 1.17 bits per heavy atom. The third kappa shape index (κ3) is 1.04. The molecule has 1 N–H and O–H groups in total. The molecule has 2 heterocycles. The first kappa shape index (κ1) is 7.18. The second-order valence-corrected chi connectivity index (χ2v) is 2.49. The number of aliphatic hydroxyl groups excluding tert-OH is 1. The second kappa shape index (κ2) is 2.87. The Balaban J connectivity index is 2.79. The topological polar surface area (TPSA) is 46.0 Å². The summed E-state index contributed by atoms with van der Waals surface area (Å²) in [5, 5.41) is 9.94. The van der Waals surface area contributed by atoms with Crippen molar-refractivity contribution in [2.75, 3.05) is 0 Å². The number of hydrogen-bond donors (Lipinski definition) is 1. The van der Waals surface area contributed by atoms with Crippen LogP contribution in [0.15, 0.2) is 30.6 Å². The van der Waals surface area contributed by atoms with Crippen LogP contribution >= 0.6 is 0 Å². The maximum absolute atomic E-state index is 8.93. The molecule has 2 aromatic rings. The molecule has 2 aromatic heterocycles. The monoisotopic (exact) mass is 160 g/mol. The van der Waals surface area contributed by atoms with Crippen molar-refractivity contribution in [3.63, 3.8) is 0 Å². The van der Waals surface area contributed by atoms with Crippen molar-refractivity contribution in [2.24, 2.45) is 0 Å². The van der Waals surface area contributed by atoms with Crippen LogP contribution in [0.3, 0.4) is 0 Å². The summed E-state index contributed by atoms with van der Waals surface area (Å²) in [6.45, 7) is -0.0612. The van der Waals surface area contributed by atoms with Crippen molar-refractivity contribution in [3.05, 3.63) is 36.3 Å². The average Bonchev–Trinajstić information content (AvgIpc) is 2.17. The van der Waals surface area contributed by atoms with Gasteiger partial charge < -0.3 is 5.11 Å². The number of hydrogen-bond acceptors (Lipinski definition) is 3.